The smallest absolute Gasteiger partial charge is 0.317 e. The van der Waals surface area contributed by atoms with Crippen LogP contribution in [0.3, 0.4) is 0 Å². The number of aryl methyl sites for hydroxylation is 2. The summed E-state index contributed by atoms with van der Waals surface area (Å²) < 4.78 is 0. The van der Waals surface area contributed by atoms with Crippen LogP contribution in [0, 0.1) is 0 Å². The van der Waals surface area contributed by atoms with Gasteiger partial charge in [0.2, 0.25) is 0 Å². The van der Waals surface area contributed by atoms with Gasteiger partial charge in [0, 0.05) is 31.9 Å². The van der Waals surface area contributed by atoms with Gasteiger partial charge in [0.05, 0.1) is 12.6 Å². The van der Waals surface area contributed by atoms with Gasteiger partial charge >= 0.3 is 12.0 Å². The third-order valence-corrected chi connectivity index (χ3v) is 4.50. The Balaban J connectivity index is 1.30. The van der Waals surface area contributed by atoms with E-state index in [1.165, 1.54) is 5.56 Å². The van der Waals surface area contributed by atoms with Gasteiger partial charge in [0.1, 0.15) is 5.82 Å². The number of aliphatic carboxylic acids is 1. The summed E-state index contributed by atoms with van der Waals surface area (Å²) >= 11 is 0. The van der Waals surface area contributed by atoms with Gasteiger partial charge in [-0.3, -0.25) is 9.69 Å². The largest absolute Gasteiger partial charge is 0.480 e. The molecule has 1 aromatic heterocycles. The topological polar surface area (TPSA) is 107 Å². The second-order valence-corrected chi connectivity index (χ2v) is 6.63. The summed E-state index contributed by atoms with van der Waals surface area (Å²) in [5.74, 6) is 0.166. The molecule has 2 aliphatic heterocycles. The zero-order valence-corrected chi connectivity index (χ0v) is 14.3. The zero-order chi connectivity index (χ0) is 17.6. The van der Waals surface area contributed by atoms with Gasteiger partial charge in [0.25, 0.3) is 0 Å². The highest BCUT2D eigenvalue weighted by atomic mass is 16.4. The number of aromatic nitrogens is 1. The lowest BCUT2D eigenvalue weighted by Crippen LogP contribution is -2.61. The molecule has 1 aromatic rings. The monoisotopic (exact) mass is 347 g/mol. The molecule has 25 heavy (non-hydrogen) atoms. The van der Waals surface area contributed by atoms with Crippen molar-refractivity contribution in [1.29, 1.82) is 0 Å². The van der Waals surface area contributed by atoms with Crippen molar-refractivity contribution < 1.29 is 14.7 Å². The molecule has 136 valence electrons. The van der Waals surface area contributed by atoms with Crippen LogP contribution in [-0.4, -0.2) is 65.8 Å². The predicted octanol–water partition coefficient (Wildman–Crippen LogP) is 0.440. The van der Waals surface area contributed by atoms with E-state index in [2.05, 4.69) is 33.1 Å². The fraction of sp³-hybridized carbons (Fsp3) is 0.588. The van der Waals surface area contributed by atoms with Gasteiger partial charge in [-0.2, -0.15) is 0 Å². The van der Waals surface area contributed by atoms with E-state index in [0.29, 0.717) is 19.6 Å². The molecule has 4 N–H and O–H groups in total. The number of likely N-dealkylation sites (tertiary alicyclic amines) is 1. The lowest BCUT2D eigenvalue weighted by atomic mass is 10.1. The van der Waals surface area contributed by atoms with Gasteiger partial charge in [-0.25, -0.2) is 9.78 Å². The second-order valence-electron chi connectivity index (χ2n) is 6.63. The van der Waals surface area contributed by atoms with Crippen molar-refractivity contribution in [2.75, 3.05) is 38.0 Å². The molecule has 3 heterocycles. The van der Waals surface area contributed by atoms with E-state index < -0.39 is 5.97 Å². The maximum Gasteiger partial charge on any atom is 0.317 e. The molecule has 2 aliphatic rings. The lowest BCUT2D eigenvalue weighted by molar-refractivity contribution is -0.139. The Morgan fingerprint density at radius 2 is 2.20 bits per heavy atom. The van der Waals surface area contributed by atoms with Gasteiger partial charge in [-0.1, -0.05) is 6.07 Å². The van der Waals surface area contributed by atoms with E-state index in [9.17, 15) is 9.59 Å². The number of hydrogen-bond acceptors (Lipinski definition) is 5. The number of pyridine rings is 1. The molecule has 3 rings (SSSR count). The minimum Gasteiger partial charge on any atom is -0.480 e. The molecule has 0 unspecified atom stereocenters. The molecule has 1 saturated heterocycles. The first-order valence-electron chi connectivity index (χ1n) is 8.81. The molecule has 8 heteroatoms. The van der Waals surface area contributed by atoms with E-state index >= 15 is 0 Å². The minimum absolute atomic E-state index is 0.0302. The summed E-state index contributed by atoms with van der Waals surface area (Å²) in [5, 5.41) is 17.7. The summed E-state index contributed by atoms with van der Waals surface area (Å²) in [6.45, 7) is 2.78. The van der Waals surface area contributed by atoms with Gasteiger partial charge in [-0.15, -0.1) is 0 Å². The van der Waals surface area contributed by atoms with Crippen molar-refractivity contribution in [3.05, 3.63) is 23.4 Å². The molecule has 0 aromatic carbocycles. The quantitative estimate of drug-likeness (QED) is 0.533. The number of nitrogens with zero attached hydrogens (tertiary/aromatic N) is 2. The number of hydrogen-bond donors (Lipinski definition) is 4. The Morgan fingerprint density at radius 1 is 1.36 bits per heavy atom. The van der Waals surface area contributed by atoms with Crippen molar-refractivity contribution in [1.82, 2.24) is 20.5 Å². The SMILES string of the molecule is O=C(O)CN1CC(NC(=O)NCCCc2ccc3c(n2)NCCC3)C1. The number of anilines is 1. The van der Waals surface area contributed by atoms with E-state index in [-0.39, 0.29) is 18.6 Å². The van der Waals surface area contributed by atoms with Crippen LogP contribution in [0.1, 0.15) is 24.1 Å². The average Bonchev–Trinajstić information content (AvgIpc) is 2.56. The van der Waals surface area contributed by atoms with Crippen molar-refractivity contribution in [3.63, 3.8) is 0 Å². The van der Waals surface area contributed by atoms with Crippen molar-refractivity contribution in [2.45, 2.75) is 31.7 Å². The molecule has 0 spiro atoms. The maximum atomic E-state index is 11.8. The third kappa shape index (κ3) is 5.06. The van der Waals surface area contributed by atoms with Crippen LogP contribution < -0.4 is 16.0 Å². The van der Waals surface area contributed by atoms with Crippen LogP contribution in [0.15, 0.2) is 12.1 Å². The van der Waals surface area contributed by atoms with Crippen LogP contribution in [0.2, 0.25) is 0 Å². The molecule has 0 bridgehead atoms. The number of amides is 2. The number of rotatable bonds is 7. The minimum atomic E-state index is -0.839. The highest BCUT2D eigenvalue weighted by molar-refractivity contribution is 5.74. The first-order chi connectivity index (χ1) is 12.1. The normalized spacial score (nSPS) is 17.1. The Hall–Kier alpha value is -2.35. The van der Waals surface area contributed by atoms with E-state index in [1.54, 1.807) is 4.90 Å². The summed E-state index contributed by atoms with van der Waals surface area (Å²) in [6.07, 6.45) is 3.89. The first kappa shape index (κ1) is 17.5. The Bertz CT molecular complexity index is 631. The Labute approximate surface area is 147 Å². The molecule has 0 aliphatic carbocycles. The van der Waals surface area contributed by atoms with Crippen molar-refractivity contribution in [2.24, 2.45) is 0 Å². The number of urea groups is 1. The molecule has 8 nitrogen and oxygen atoms in total. The number of carbonyl (C=O) groups excluding carboxylic acids is 1. The molecular weight excluding hydrogens is 322 g/mol. The van der Waals surface area contributed by atoms with E-state index in [4.69, 9.17) is 5.11 Å². The number of carboxylic acid groups (broad SMARTS) is 1. The third-order valence-electron chi connectivity index (χ3n) is 4.50. The number of carboxylic acids is 1. The second kappa shape index (κ2) is 8.15. The number of carbonyl (C=O) groups is 2. The van der Waals surface area contributed by atoms with Crippen LogP contribution >= 0.6 is 0 Å². The maximum absolute atomic E-state index is 11.8. The molecule has 0 atom stereocenters. The van der Waals surface area contributed by atoms with Crippen molar-refractivity contribution >= 4 is 17.8 Å². The molecular formula is C17H25N5O3. The van der Waals surface area contributed by atoms with Crippen LogP contribution in [0.5, 0.6) is 0 Å². The van der Waals surface area contributed by atoms with Gasteiger partial charge in [-0.05, 0) is 37.3 Å². The summed E-state index contributed by atoms with van der Waals surface area (Å²) in [6, 6.07) is 4.05. The van der Waals surface area contributed by atoms with Gasteiger partial charge < -0.3 is 21.1 Å². The Morgan fingerprint density at radius 3 is 3.00 bits per heavy atom. The fourth-order valence-corrected chi connectivity index (χ4v) is 3.20. The van der Waals surface area contributed by atoms with Crippen LogP contribution in [-0.2, 0) is 17.6 Å². The Kier molecular flexibility index (Phi) is 5.70. The molecule has 1 fully saturated rings. The lowest BCUT2D eigenvalue weighted by Gasteiger charge is -2.38. The summed E-state index contributed by atoms with van der Waals surface area (Å²) in [5.41, 5.74) is 2.32. The van der Waals surface area contributed by atoms with E-state index in [0.717, 1.165) is 43.7 Å². The van der Waals surface area contributed by atoms with Gasteiger partial charge in [0.15, 0.2) is 0 Å². The molecule has 0 saturated carbocycles. The van der Waals surface area contributed by atoms with Crippen molar-refractivity contribution in [3.8, 4) is 0 Å². The highest BCUT2D eigenvalue weighted by Gasteiger charge is 2.28. The standard InChI is InChI=1S/C17H25N5O3/c23-15(24)11-22-9-14(10-22)21-17(25)19-8-2-4-13-6-5-12-3-1-7-18-16(12)20-13/h5-6,14H,1-4,7-11H2,(H,18,20)(H,23,24)(H2,19,21,25). The van der Waals surface area contributed by atoms with Crippen LogP contribution in [0.4, 0.5) is 10.6 Å². The van der Waals surface area contributed by atoms with Crippen LogP contribution in [0.25, 0.3) is 0 Å². The molecule has 2 amide bonds. The zero-order valence-electron chi connectivity index (χ0n) is 14.3. The number of fused-ring (bicyclic) bond motifs is 1. The van der Waals surface area contributed by atoms with E-state index in [1.807, 2.05) is 0 Å². The molecule has 0 radical (unpaired) electrons. The summed E-state index contributed by atoms with van der Waals surface area (Å²) in [4.78, 5) is 28.8. The summed E-state index contributed by atoms with van der Waals surface area (Å²) in [7, 11) is 0. The number of nitrogens with one attached hydrogen (secondary N) is 3. The average molecular weight is 347 g/mol. The first-order valence-corrected chi connectivity index (χ1v) is 8.81. The predicted molar refractivity (Wildman–Crippen MR) is 93.8 cm³/mol. The fourth-order valence-electron chi connectivity index (χ4n) is 3.20. The highest BCUT2D eigenvalue weighted by Crippen LogP contribution is 2.19.